The van der Waals surface area contributed by atoms with Crippen LogP contribution in [0.2, 0.25) is 10.2 Å². The highest BCUT2D eigenvalue weighted by atomic mass is 35.5. The molecule has 0 aliphatic heterocycles. The lowest BCUT2D eigenvalue weighted by molar-refractivity contribution is 0.792. The molecule has 0 fully saturated rings. The molecule has 4 aromatic rings. The molecule has 0 saturated carbocycles. The molecule has 0 atom stereocenters. The zero-order valence-electron chi connectivity index (χ0n) is 14.0. The van der Waals surface area contributed by atoms with Gasteiger partial charge in [-0.05, 0) is 30.0 Å². The summed E-state index contributed by atoms with van der Waals surface area (Å²) in [6.07, 6.45) is 4.75. The molecule has 3 heterocycles. The summed E-state index contributed by atoms with van der Waals surface area (Å²) in [6, 6.07) is 9.74. The minimum Gasteiger partial charge on any atom is -0.267 e. The van der Waals surface area contributed by atoms with E-state index in [4.69, 9.17) is 23.2 Å². The Bertz CT molecular complexity index is 1190. The van der Waals surface area contributed by atoms with Crippen LogP contribution in [0.25, 0.3) is 10.9 Å². The van der Waals surface area contributed by atoms with Crippen molar-refractivity contribution in [1.29, 1.82) is 0 Å². The van der Waals surface area contributed by atoms with Crippen molar-refractivity contribution in [3.8, 4) is 11.8 Å². The van der Waals surface area contributed by atoms with E-state index < -0.39 is 0 Å². The second-order valence-electron chi connectivity index (χ2n) is 5.49. The van der Waals surface area contributed by atoms with E-state index in [-0.39, 0.29) is 0 Å². The monoisotopic (exact) mass is 411 g/mol. The van der Waals surface area contributed by atoms with Crippen molar-refractivity contribution in [1.82, 2.24) is 24.7 Å². The predicted octanol–water partition coefficient (Wildman–Crippen LogP) is 4.62. The van der Waals surface area contributed by atoms with Crippen molar-refractivity contribution in [3.05, 3.63) is 70.5 Å². The van der Waals surface area contributed by atoms with Gasteiger partial charge in [0.15, 0.2) is 0 Å². The molecule has 132 valence electrons. The predicted molar refractivity (Wildman–Crippen MR) is 107 cm³/mol. The van der Waals surface area contributed by atoms with Gasteiger partial charge in [-0.25, -0.2) is 15.0 Å². The van der Waals surface area contributed by atoms with Gasteiger partial charge in [0, 0.05) is 23.5 Å². The van der Waals surface area contributed by atoms with E-state index in [9.17, 15) is 0 Å². The molecule has 0 aliphatic carbocycles. The first kappa shape index (κ1) is 17.8. The van der Waals surface area contributed by atoms with Gasteiger partial charge in [0.25, 0.3) is 0 Å². The summed E-state index contributed by atoms with van der Waals surface area (Å²) in [5.41, 5.74) is 2.19. The minimum atomic E-state index is 0.342. The smallest absolute Gasteiger partial charge is 0.147 e. The highest BCUT2D eigenvalue weighted by Gasteiger charge is 2.10. The molecule has 0 unspecified atom stereocenters. The van der Waals surface area contributed by atoms with E-state index in [2.05, 4.69) is 31.9 Å². The number of halogens is 2. The number of hydrogen-bond acceptors (Lipinski definition) is 5. The molecule has 8 heteroatoms. The number of fused-ring (bicyclic) bond motifs is 1. The van der Waals surface area contributed by atoms with Crippen molar-refractivity contribution in [2.75, 3.05) is 0 Å². The van der Waals surface area contributed by atoms with Crippen LogP contribution >= 0.6 is 35.0 Å². The number of aryl methyl sites for hydroxylation is 1. The van der Waals surface area contributed by atoms with Gasteiger partial charge in [0.05, 0.1) is 22.9 Å². The van der Waals surface area contributed by atoms with E-state index in [1.807, 2.05) is 37.4 Å². The summed E-state index contributed by atoms with van der Waals surface area (Å²) in [5, 5.41) is 6.95. The minimum absolute atomic E-state index is 0.342. The lowest BCUT2D eigenvalue weighted by atomic mass is 10.2. The van der Waals surface area contributed by atoms with Crippen LogP contribution in [0.15, 0.2) is 58.8 Å². The van der Waals surface area contributed by atoms with E-state index in [1.165, 1.54) is 18.0 Å². The summed E-state index contributed by atoms with van der Waals surface area (Å²) < 4.78 is 1.81. The Kier molecular flexibility index (Phi) is 4.99. The first-order chi connectivity index (χ1) is 13.1. The van der Waals surface area contributed by atoms with E-state index in [0.29, 0.717) is 26.6 Å². The van der Waals surface area contributed by atoms with Crippen molar-refractivity contribution >= 4 is 45.9 Å². The Morgan fingerprint density at radius 1 is 0.963 bits per heavy atom. The van der Waals surface area contributed by atoms with Gasteiger partial charge in [0.1, 0.15) is 21.6 Å². The molecule has 0 N–H and O–H groups in total. The molecule has 0 radical (unpaired) electrons. The Morgan fingerprint density at radius 3 is 2.59 bits per heavy atom. The van der Waals surface area contributed by atoms with Crippen LogP contribution in [-0.2, 0) is 7.05 Å². The number of nitrogens with zero attached hydrogens (tertiary/aromatic N) is 5. The highest BCUT2D eigenvalue weighted by Crippen LogP contribution is 2.33. The largest absolute Gasteiger partial charge is 0.267 e. The average Bonchev–Trinajstić information content (AvgIpc) is 3.00. The van der Waals surface area contributed by atoms with Crippen LogP contribution < -0.4 is 0 Å². The zero-order chi connectivity index (χ0) is 18.8. The number of aromatic nitrogens is 5. The maximum absolute atomic E-state index is 6.49. The van der Waals surface area contributed by atoms with Crippen molar-refractivity contribution in [3.63, 3.8) is 0 Å². The van der Waals surface area contributed by atoms with Crippen LogP contribution in [0.5, 0.6) is 0 Å². The molecule has 0 amide bonds. The molecule has 0 spiro atoms. The third-order valence-electron chi connectivity index (χ3n) is 3.72. The molecule has 1 aromatic carbocycles. The zero-order valence-corrected chi connectivity index (χ0v) is 16.3. The molecule has 4 rings (SSSR count). The summed E-state index contributed by atoms with van der Waals surface area (Å²) >= 11 is 13.6. The molecule has 27 heavy (non-hydrogen) atoms. The number of pyridine rings is 1. The van der Waals surface area contributed by atoms with Gasteiger partial charge in [-0.3, -0.25) is 4.68 Å². The molecular formula is C19H11Cl2N5S. The maximum Gasteiger partial charge on any atom is 0.147 e. The quantitative estimate of drug-likeness (QED) is 0.450. The molecular weight excluding hydrogens is 401 g/mol. The normalized spacial score (nSPS) is 10.6. The van der Waals surface area contributed by atoms with Crippen LogP contribution in [0.1, 0.15) is 11.4 Å². The fourth-order valence-electron chi connectivity index (χ4n) is 2.48. The molecule has 0 aliphatic rings. The Balaban J connectivity index is 1.67. The third kappa shape index (κ3) is 3.76. The summed E-state index contributed by atoms with van der Waals surface area (Å²) in [6.45, 7) is 0. The Labute approximate surface area is 169 Å². The topological polar surface area (TPSA) is 56.5 Å². The van der Waals surface area contributed by atoms with Gasteiger partial charge in [-0.2, -0.15) is 5.10 Å². The number of para-hydroxylation sites is 1. The summed E-state index contributed by atoms with van der Waals surface area (Å²) in [7, 11) is 1.89. The van der Waals surface area contributed by atoms with Crippen LogP contribution in [-0.4, -0.2) is 24.7 Å². The van der Waals surface area contributed by atoms with E-state index in [0.717, 1.165) is 15.8 Å². The van der Waals surface area contributed by atoms with Crippen molar-refractivity contribution < 1.29 is 0 Å². The van der Waals surface area contributed by atoms with Crippen molar-refractivity contribution in [2.24, 2.45) is 7.05 Å². The first-order valence-electron chi connectivity index (χ1n) is 7.85. The lowest BCUT2D eigenvalue weighted by Gasteiger charge is -2.04. The van der Waals surface area contributed by atoms with Gasteiger partial charge in [0.2, 0.25) is 0 Å². The van der Waals surface area contributed by atoms with Crippen LogP contribution in [0.4, 0.5) is 0 Å². The molecule has 0 saturated heterocycles. The van der Waals surface area contributed by atoms with Gasteiger partial charge in [-0.1, -0.05) is 47.1 Å². The number of rotatable bonds is 2. The maximum atomic E-state index is 6.49. The first-order valence-corrected chi connectivity index (χ1v) is 9.43. The van der Waals surface area contributed by atoms with Gasteiger partial charge >= 0.3 is 0 Å². The molecule has 3 aromatic heterocycles. The average molecular weight is 412 g/mol. The Hall–Kier alpha value is -2.59. The third-order valence-corrected chi connectivity index (χ3v) is 5.39. The SMILES string of the molecule is Cn1nc(C#Cc2nccc(Sc3cnc(Cl)cn3)c2Cl)c2ccccc21. The van der Waals surface area contributed by atoms with Crippen LogP contribution in [0, 0.1) is 11.8 Å². The number of benzene rings is 1. The van der Waals surface area contributed by atoms with Gasteiger partial charge in [-0.15, -0.1) is 0 Å². The fraction of sp³-hybridized carbons (Fsp3) is 0.0526. The van der Waals surface area contributed by atoms with E-state index >= 15 is 0 Å². The van der Waals surface area contributed by atoms with E-state index in [1.54, 1.807) is 17.1 Å². The second kappa shape index (κ2) is 7.57. The Morgan fingerprint density at radius 2 is 1.78 bits per heavy atom. The number of hydrogen-bond donors (Lipinski definition) is 0. The van der Waals surface area contributed by atoms with Crippen LogP contribution in [0.3, 0.4) is 0 Å². The molecule has 0 bridgehead atoms. The summed E-state index contributed by atoms with van der Waals surface area (Å²) in [4.78, 5) is 13.3. The second-order valence-corrected chi connectivity index (χ2v) is 7.32. The van der Waals surface area contributed by atoms with Gasteiger partial charge < -0.3 is 0 Å². The lowest BCUT2D eigenvalue weighted by Crippen LogP contribution is -1.90. The highest BCUT2D eigenvalue weighted by molar-refractivity contribution is 7.99. The standard InChI is InChI=1S/C19H11Cl2N5S/c1-26-15-5-3-2-4-12(15)13(25-26)6-7-14-19(21)16(8-9-22-14)27-18-11-23-17(20)10-24-18/h2-5,8-11H,1H3. The summed E-state index contributed by atoms with van der Waals surface area (Å²) in [5.74, 6) is 6.11. The molecule has 5 nitrogen and oxygen atoms in total. The fourth-order valence-corrected chi connectivity index (χ4v) is 3.61. The van der Waals surface area contributed by atoms with Crippen molar-refractivity contribution in [2.45, 2.75) is 9.92 Å².